The first-order valence-electron chi connectivity index (χ1n) is 6.93. The molecule has 0 aliphatic rings. The lowest BCUT2D eigenvalue weighted by Gasteiger charge is -2.12. The second-order valence-corrected chi connectivity index (χ2v) is 4.89. The first-order valence-corrected chi connectivity index (χ1v) is 7.34. The molecule has 0 amide bonds. The smallest absolute Gasteiger partial charge is 0.191 e. The van der Waals surface area contributed by atoms with Gasteiger partial charge in [0.1, 0.15) is 5.75 Å². The number of para-hydroxylation sites is 2. The number of aromatic nitrogens is 1. The summed E-state index contributed by atoms with van der Waals surface area (Å²) in [5, 5.41) is 7.57. The zero-order valence-electron chi connectivity index (χ0n) is 12.5. The van der Waals surface area contributed by atoms with Gasteiger partial charge in [0.15, 0.2) is 5.11 Å². The predicted octanol–water partition coefficient (Wildman–Crippen LogP) is 3.11. The lowest BCUT2D eigenvalue weighted by molar-refractivity contribution is 0.342. The highest BCUT2D eigenvalue weighted by molar-refractivity contribution is 7.80. The van der Waals surface area contributed by atoms with Crippen molar-refractivity contribution in [1.29, 1.82) is 0 Å². The van der Waals surface area contributed by atoms with Crippen LogP contribution in [0.15, 0.2) is 47.8 Å². The number of aryl methyl sites for hydroxylation is 1. The number of rotatable bonds is 5. The van der Waals surface area contributed by atoms with Crippen molar-refractivity contribution in [3.05, 3.63) is 53.9 Å². The van der Waals surface area contributed by atoms with E-state index in [4.69, 9.17) is 17.0 Å². The minimum atomic E-state index is 0.393. The van der Waals surface area contributed by atoms with Gasteiger partial charge < -0.3 is 10.1 Å². The molecule has 1 aromatic carbocycles. The molecule has 0 aliphatic carbocycles. The van der Waals surface area contributed by atoms with Crippen LogP contribution in [0.1, 0.15) is 18.1 Å². The van der Waals surface area contributed by atoms with Crippen LogP contribution >= 0.6 is 12.2 Å². The number of nitrogens with one attached hydrogen (secondary N) is 2. The monoisotopic (exact) mass is 314 g/mol. The van der Waals surface area contributed by atoms with E-state index < -0.39 is 0 Å². The number of hydrogen-bond acceptors (Lipinski definition) is 4. The van der Waals surface area contributed by atoms with Gasteiger partial charge in [-0.15, -0.1) is 0 Å². The van der Waals surface area contributed by atoms with E-state index in [1.807, 2.05) is 44.2 Å². The van der Waals surface area contributed by atoms with Gasteiger partial charge in [0, 0.05) is 18.0 Å². The third-order valence-electron chi connectivity index (χ3n) is 2.88. The van der Waals surface area contributed by atoms with Crippen LogP contribution in [0.25, 0.3) is 0 Å². The molecule has 0 atom stereocenters. The number of hydrogen-bond donors (Lipinski definition) is 2. The SMILES string of the molecule is CCOc1ccccc1NC(=S)N/N=C/c1cnccc1C. The van der Waals surface area contributed by atoms with Gasteiger partial charge in [-0.05, 0) is 49.8 Å². The fourth-order valence-corrected chi connectivity index (χ4v) is 1.94. The number of benzene rings is 1. The van der Waals surface area contributed by atoms with Crippen molar-refractivity contribution in [2.24, 2.45) is 5.10 Å². The lowest BCUT2D eigenvalue weighted by atomic mass is 10.2. The quantitative estimate of drug-likeness (QED) is 0.504. The van der Waals surface area contributed by atoms with E-state index in [1.54, 1.807) is 18.6 Å². The molecule has 0 saturated carbocycles. The minimum Gasteiger partial charge on any atom is -0.492 e. The highest BCUT2D eigenvalue weighted by atomic mass is 32.1. The summed E-state index contributed by atoms with van der Waals surface area (Å²) in [6.45, 7) is 4.53. The maximum Gasteiger partial charge on any atom is 0.191 e. The average Bonchev–Trinajstić information content (AvgIpc) is 2.51. The molecule has 2 aromatic rings. The molecule has 114 valence electrons. The highest BCUT2D eigenvalue weighted by Crippen LogP contribution is 2.23. The Labute approximate surface area is 135 Å². The van der Waals surface area contributed by atoms with Crippen molar-refractivity contribution in [2.45, 2.75) is 13.8 Å². The zero-order chi connectivity index (χ0) is 15.8. The first kappa shape index (κ1) is 15.9. The minimum absolute atomic E-state index is 0.393. The molecule has 1 aromatic heterocycles. The van der Waals surface area contributed by atoms with Crippen LogP contribution in [-0.2, 0) is 0 Å². The molecule has 0 unspecified atom stereocenters. The fraction of sp³-hybridized carbons (Fsp3) is 0.188. The van der Waals surface area contributed by atoms with Crippen molar-refractivity contribution in [3.63, 3.8) is 0 Å². The Balaban J connectivity index is 1.95. The fourth-order valence-electron chi connectivity index (χ4n) is 1.77. The van der Waals surface area contributed by atoms with Crippen LogP contribution in [0.4, 0.5) is 5.69 Å². The Morgan fingerprint density at radius 3 is 2.95 bits per heavy atom. The van der Waals surface area contributed by atoms with E-state index >= 15 is 0 Å². The second kappa shape index (κ2) is 8.09. The van der Waals surface area contributed by atoms with Gasteiger partial charge in [-0.25, -0.2) is 0 Å². The van der Waals surface area contributed by atoms with Gasteiger partial charge in [-0.3, -0.25) is 10.4 Å². The maximum absolute atomic E-state index is 5.53. The van der Waals surface area contributed by atoms with Gasteiger partial charge in [0.05, 0.1) is 18.5 Å². The largest absolute Gasteiger partial charge is 0.492 e. The summed E-state index contributed by atoms with van der Waals surface area (Å²) in [6, 6.07) is 9.53. The molecule has 0 saturated heterocycles. The normalized spacial score (nSPS) is 10.5. The van der Waals surface area contributed by atoms with Gasteiger partial charge in [0.25, 0.3) is 0 Å². The third-order valence-corrected chi connectivity index (χ3v) is 3.08. The van der Waals surface area contributed by atoms with E-state index in [9.17, 15) is 0 Å². The molecule has 0 radical (unpaired) electrons. The summed E-state index contributed by atoms with van der Waals surface area (Å²) >= 11 is 5.22. The zero-order valence-corrected chi connectivity index (χ0v) is 13.4. The molecular formula is C16H18N4OS. The van der Waals surface area contributed by atoms with Gasteiger partial charge >= 0.3 is 0 Å². The van der Waals surface area contributed by atoms with Crippen LogP contribution in [0.5, 0.6) is 5.75 Å². The Morgan fingerprint density at radius 1 is 1.36 bits per heavy atom. The maximum atomic E-state index is 5.53. The van der Waals surface area contributed by atoms with E-state index in [-0.39, 0.29) is 0 Å². The number of hydrazone groups is 1. The standard InChI is InChI=1S/C16H18N4OS/c1-3-21-15-7-5-4-6-14(15)19-16(22)20-18-11-13-10-17-9-8-12(13)2/h4-11H,3H2,1-2H3,(H2,19,20,22)/b18-11+. The number of pyridine rings is 1. The molecule has 0 fully saturated rings. The molecule has 1 heterocycles. The Kier molecular flexibility index (Phi) is 5.85. The van der Waals surface area contributed by atoms with E-state index in [2.05, 4.69) is 20.8 Å². The van der Waals surface area contributed by atoms with Crippen LogP contribution in [0.3, 0.4) is 0 Å². The summed E-state index contributed by atoms with van der Waals surface area (Å²) in [4.78, 5) is 4.06. The van der Waals surface area contributed by atoms with Crippen LogP contribution in [0.2, 0.25) is 0 Å². The summed E-state index contributed by atoms with van der Waals surface area (Å²) in [6.07, 6.45) is 5.18. The van der Waals surface area contributed by atoms with Crippen molar-refractivity contribution < 1.29 is 4.74 Å². The predicted molar refractivity (Wildman–Crippen MR) is 93.5 cm³/mol. The topological polar surface area (TPSA) is 58.5 Å². The van der Waals surface area contributed by atoms with E-state index in [1.165, 1.54) is 0 Å². The van der Waals surface area contributed by atoms with Crippen molar-refractivity contribution in [2.75, 3.05) is 11.9 Å². The molecule has 0 aliphatic heterocycles. The second-order valence-electron chi connectivity index (χ2n) is 4.49. The number of ether oxygens (including phenoxy) is 1. The van der Waals surface area contributed by atoms with Gasteiger partial charge in [0.2, 0.25) is 0 Å². The van der Waals surface area contributed by atoms with Gasteiger partial charge in [-0.2, -0.15) is 5.10 Å². The van der Waals surface area contributed by atoms with Crippen LogP contribution in [0, 0.1) is 6.92 Å². The molecule has 0 bridgehead atoms. The summed E-state index contributed by atoms with van der Waals surface area (Å²) < 4.78 is 5.53. The Morgan fingerprint density at radius 2 is 2.18 bits per heavy atom. The van der Waals surface area contributed by atoms with Crippen LogP contribution < -0.4 is 15.5 Å². The molecule has 22 heavy (non-hydrogen) atoms. The number of thiocarbonyl (C=S) groups is 1. The summed E-state index contributed by atoms with van der Waals surface area (Å²) in [5.41, 5.74) is 5.62. The molecular weight excluding hydrogens is 296 g/mol. The Hall–Kier alpha value is -2.47. The molecule has 2 N–H and O–H groups in total. The Bertz CT molecular complexity index is 673. The van der Waals surface area contributed by atoms with Gasteiger partial charge in [-0.1, -0.05) is 12.1 Å². The number of anilines is 1. The van der Waals surface area contributed by atoms with E-state index in [0.717, 1.165) is 22.6 Å². The first-order chi connectivity index (χ1) is 10.7. The van der Waals surface area contributed by atoms with Crippen molar-refractivity contribution >= 4 is 29.2 Å². The molecule has 6 heteroatoms. The van der Waals surface area contributed by atoms with Crippen LogP contribution in [-0.4, -0.2) is 22.9 Å². The molecule has 2 rings (SSSR count). The van der Waals surface area contributed by atoms with Crippen molar-refractivity contribution in [3.8, 4) is 5.75 Å². The van der Waals surface area contributed by atoms with E-state index in [0.29, 0.717) is 11.7 Å². The van der Waals surface area contributed by atoms with Crippen molar-refractivity contribution in [1.82, 2.24) is 10.4 Å². The summed E-state index contributed by atoms with van der Waals surface area (Å²) in [5.74, 6) is 0.751. The molecule has 5 nitrogen and oxygen atoms in total. The number of nitrogens with zero attached hydrogens (tertiary/aromatic N) is 2. The third kappa shape index (κ3) is 4.53. The molecule has 0 spiro atoms. The highest BCUT2D eigenvalue weighted by Gasteiger charge is 2.03. The lowest BCUT2D eigenvalue weighted by Crippen LogP contribution is -2.24. The average molecular weight is 314 g/mol. The summed E-state index contributed by atoms with van der Waals surface area (Å²) in [7, 11) is 0.